The van der Waals surface area contributed by atoms with Crippen LogP contribution in [0.15, 0.2) is 42.5 Å². The van der Waals surface area contributed by atoms with E-state index >= 15 is 0 Å². The van der Waals surface area contributed by atoms with Gasteiger partial charge in [-0.05, 0) is 63.1 Å². The summed E-state index contributed by atoms with van der Waals surface area (Å²) in [6.45, 7) is 7.30. The SMILES string of the molecule is Cc1ccc(C)c([C@H](C)NC(=O)[C@@H](C)N(c2ccc(F)cc2)S(C)(=O)=O)c1. The van der Waals surface area contributed by atoms with Gasteiger partial charge in [-0.3, -0.25) is 9.10 Å². The predicted molar refractivity (Wildman–Crippen MR) is 106 cm³/mol. The maximum absolute atomic E-state index is 13.2. The summed E-state index contributed by atoms with van der Waals surface area (Å²) in [5.74, 6) is -0.911. The van der Waals surface area contributed by atoms with Gasteiger partial charge >= 0.3 is 0 Å². The number of rotatable bonds is 6. The summed E-state index contributed by atoms with van der Waals surface area (Å²) in [5, 5.41) is 2.88. The van der Waals surface area contributed by atoms with E-state index in [1.54, 1.807) is 0 Å². The van der Waals surface area contributed by atoms with Gasteiger partial charge in [0.1, 0.15) is 11.9 Å². The second-order valence-electron chi connectivity index (χ2n) is 6.80. The van der Waals surface area contributed by atoms with E-state index in [1.807, 2.05) is 39.0 Å². The molecule has 5 nitrogen and oxygen atoms in total. The van der Waals surface area contributed by atoms with Crippen LogP contribution in [0.25, 0.3) is 0 Å². The normalized spacial score (nSPS) is 13.7. The van der Waals surface area contributed by atoms with Crippen LogP contribution in [0.5, 0.6) is 0 Å². The predicted octanol–water partition coefficient (Wildman–Crippen LogP) is 3.47. The molecule has 1 N–H and O–H groups in total. The Morgan fingerprint density at radius 1 is 1.07 bits per heavy atom. The van der Waals surface area contributed by atoms with Crippen LogP contribution in [-0.2, 0) is 14.8 Å². The third-order valence-corrected chi connectivity index (χ3v) is 5.67. The van der Waals surface area contributed by atoms with E-state index in [0.717, 1.165) is 39.4 Å². The number of aryl methyl sites for hydroxylation is 2. The number of benzene rings is 2. The van der Waals surface area contributed by atoms with Crippen molar-refractivity contribution in [2.24, 2.45) is 0 Å². The molecular weight excluding hydrogens is 367 g/mol. The van der Waals surface area contributed by atoms with Crippen LogP contribution in [0.1, 0.15) is 36.6 Å². The highest BCUT2D eigenvalue weighted by Crippen LogP contribution is 2.23. The van der Waals surface area contributed by atoms with Crippen LogP contribution in [-0.4, -0.2) is 26.6 Å². The molecule has 0 spiro atoms. The van der Waals surface area contributed by atoms with Gasteiger partial charge in [0.2, 0.25) is 15.9 Å². The number of hydrogen-bond acceptors (Lipinski definition) is 3. The standard InChI is InChI=1S/C20H25FN2O3S/c1-13-6-7-14(2)19(12-13)15(3)22-20(24)16(4)23(27(5,25)26)18-10-8-17(21)9-11-18/h6-12,15-16H,1-5H3,(H,22,24)/t15-,16+/m0/s1. The smallest absolute Gasteiger partial charge is 0.244 e. The first-order valence-corrected chi connectivity index (χ1v) is 10.5. The van der Waals surface area contributed by atoms with Gasteiger partial charge in [0, 0.05) is 0 Å². The van der Waals surface area contributed by atoms with Crippen LogP contribution in [0.4, 0.5) is 10.1 Å². The van der Waals surface area contributed by atoms with Gasteiger partial charge in [-0.1, -0.05) is 23.8 Å². The van der Waals surface area contributed by atoms with Gasteiger partial charge in [0.05, 0.1) is 18.0 Å². The lowest BCUT2D eigenvalue weighted by Crippen LogP contribution is -2.48. The molecule has 27 heavy (non-hydrogen) atoms. The van der Waals surface area contributed by atoms with E-state index in [1.165, 1.54) is 19.1 Å². The van der Waals surface area contributed by atoms with Gasteiger partial charge in [-0.15, -0.1) is 0 Å². The van der Waals surface area contributed by atoms with E-state index in [0.29, 0.717) is 0 Å². The number of hydrogen-bond donors (Lipinski definition) is 1. The fourth-order valence-corrected chi connectivity index (χ4v) is 4.21. The molecule has 0 aliphatic heterocycles. The minimum absolute atomic E-state index is 0.237. The number of sulfonamides is 1. The monoisotopic (exact) mass is 392 g/mol. The van der Waals surface area contributed by atoms with Crippen molar-refractivity contribution in [2.75, 3.05) is 10.6 Å². The van der Waals surface area contributed by atoms with Crippen molar-refractivity contribution in [1.29, 1.82) is 0 Å². The minimum atomic E-state index is -3.74. The topological polar surface area (TPSA) is 66.5 Å². The van der Waals surface area contributed by atoms with Gasteiger partial charge in [0.15, 0.2) is 0 Å². The maximum atomic E-state index is 13.2. The van der Waals surface area contributed by atoms with Crippen molar-refractivity contribution < 1.29 is 17.6 Å². The molecule has 0 bridgehead atoms. The van der Waals surface area contributed by atoms with E-state index in [-0.39, 0.29) is 11.7 Å². The number of halogens is 1. The molecule has 0 heterocycles. The van der Waals surface area contributed by atoms with E-state index < -0.39 is 27.8 Å². The largest absolute Gasteiger partial charge is 0.348 e. The molecule has 0 unspecified atom stereocenters. The zero-order valence-electron chi connectivity index (χ0n) is 16.2. The number of anilines is 1. The molecule has 146 valence electrons. The highest BCUT2D eigenvalue weighted by Gasteiger charge is 2.30. The molecule has 7 heteroatoms. The Labute approximate surface area is 160 Å². The van der Waals surface area contributed by atoms with Crippen molar-refractivity contribution >= 4 is 21.6 Å². The Balaban J connectivity index is 2.27. The number of nitrogens with one attached hydrogen (secondary N) is 1. The van der Waals surface area contributed by atoms with Crippen molar-refractivity contribution in [3.63, 3.8) is 0 Å². The summed E-state index contributed by atoms with van der Waals surface area (Å²) in [7, 11) is -3.74. The van der Waals surface area contributed by atoms with Crippen LogP contribution in [0.2, 0.25) is 0 Å². The fraction of sp³-hybridized carbons (Fsp3) is 0.350. The minimum Gasteiger partial charge on any atom is -0.348 e. The van der Waals surface area contributed by atoms with Crippen LogP contribution in [0, 0.1) is 19.7 Å². The molecule has 0 saturated heterocycles. The Bertz CT molecular complexity index is 927. The van der Waals surface area contributed by atoms with Gasteiger partial charge in [0.25, 0.3) is 0 Å². The highest BCUT2D eigenvalue weighted by atomic mass is 32.2. The zero-order chi connectivity index (χ0) is 20.4. The summed E-state index contributed by atoms with van der Waals surface area (Å²) < 4.78 is 38.7. The molecule has 0 radical (unpaired) electrons. The molecule has 2 aromatic rings. The quantitative estimate of drug-likeness (QED) is 0.819. The lowest BCUT2D eigenvalue weighted by molar-refractivity contribution is -0.122. The molecule has 2 aromatic carbocycles. The van der Waals surface area contributed by atoms with E-state index in [9.17, 15) is 17.6 Å². The molecular formula is C20H25FN2O3S. The van der Waals surface area contributed by atoms with E-state index in [4.69, 9.17) is 0 Å². The molecule has 0 saturated carbocycles. The summed E-state index contributed by atoms with van der Waals surface area (Å²) >= 11 is 0. The van der Waals surface area contributed by atoms with Gasteiger partial charge in [-0.25, -0.2) is 12.8 Å². The summed E-state index contributed by atoms with van der Waals surface area (Å²) in [4.78, 5) is 12.8. The molecule has 0 aliphatic rings. The molecule has 0 aliphatic carbocycles. The molecule has 2 atom stereocenters. The lowest BCUT2D eigenvalue weighted by Gasteiger charge is -2.29. The lowest BCUT2D eigenvalue weighted by atomic mass is 10.00. The van der Waals surface area contributed by atoms with Crippen molar-refractivity contribution in [2.45, 2.75) is 39.8 Å². The number of carbonyl (C=O) groups is 1. The van der Waals surface area contributed by atoms with Gasteiger partial charge < -0.3 is 5.32 Å². The number of nitrogens with zero attached hydrogens (tertiary/aromatic N) is 1. The van der Waals surface area contributed by atoms with Crippen molar-refractivity contribution in [3.05, 3.63) is 65.0 Å². The maximum Gasteiger partial charge on any atom is 0.244 e. The summed E-state index contributed by atoms with van der Waals surface area (Å²) in [6.07, 6.45) is 1.02. The average molecular weight is 392 g/mol. The Morgan fingerprint density at radius 2 is 1.67 bits per heavy atom. The Hall–Kier alpha value is -2.41. The summed E-state index contributed by atoms with van der Waals surface area (Å²) in [5.41, 5.74) is 3.33. The van der Waals surface area contributed by atoms with E-state index in [2.05, 4.69) is 5.32 Å². The molecule has 1 amide bonds. The van der Waals surface area contributed by atoms with Crippen LogP contribution >= 0.6 is 0 Å². The average Bonchev–Trinajstić information content (AvgIpc) is 2.57. The third-order valence-electron chi connectivity index (χ3n) is 4.43. The number of carbonyl (C=O) groups excluding carboxylic acids is 1. The molecule has 2 rings (SSSR count). The van der Waals surface area contributed by atoms with Crippen LogP contribution in [0.3, 0.4) is 0 Å². The Kier molecular flexibility index (Phi) is 6.26. The zero-order valence-corrected chi connectivity index (χ0v) is 17.0. The number of amides is 1. The first kappa shape index (κ1) is 20.9. The molecule has 0 fully saturated rings. The highest BCUT2D eigenvalue weighted by molar-refractivity contribution is 7.92. The van der Waals surface area contributed by atoms with Crippen LogP contribution < -0.4 is 9.62 Å². The molecule has 0 aromatic heterocycles. The second-order valence-corrected chi connectivity index (χ2v) is 8.66. The van der Waals surface area contributed by atoms with Crippen molar-refractivity contribution in [1.82, 2.24) is 5.32 Å². The summed E-state index contributed by atoms with van der Waals surface area (Å²) in [6, 6.07) is 9.72. The third kappa shape index (κ3) is 5.07. The first-order chi connectivity index (χ1) is 12.5. The van der Waals surface area contributed by atoms with Crippen molar-refractivity contribution in [3.8, 4) is 0 Å². The Morgan fingerprint density at radius 3 is 2.22 bits per heavy atom. The fourth-order valence-electron chi connectivity index (χ4n) is 3.03. The van der Waals surface area contributed by atoms with Gasteiger partial charge in [-0.2, -0.15) is 0 Å². The second kappa shape index (κ2) is 8.08. The first-order valence-electron chi connectivity index (χ1n) is 8.63.